The lowest BCUT2D eigenvalue weighted by atomic mass is 10.1. The van der Waals surface area contributed by atoms with Gasteiger partial charge in [0, 0.05) is 29.8 Å². The summed E-state index contributed by atoms with van der Waals surface area (Å²) in [5, 5.41) is 1.37. The van der Waals surface area contributed by atoms with Gasteiger partial charge in [0.25, 0.3) is 0 Å². The second kappa shape index (κ2) is 4.71. The zero-order chi connectivity index (χ0) is 12.4. The van der Waals surface area contributed by atoms with Gasteiger partial charge in [-0.2, -0.15) is 0 Å². The summed E-state index contributed by atoms with van der Waals surface area (Å²) in [5.74, 6) is -0.0526. The summed E-state index contributed by atoms with van der Waals surface area (Å²) in [5.41, 5.74) is 0.822. The van der Waals surface area contributed by atoms with Crippen LogP contribution in [0.25, 0.3) is 11.0 Å². The number of alkyl halides is 1. The van der Waals surface area contributed by atoms with Crippen LogP contribution < -0.4 is 10.4 Å². The number of halogens is 1. The Morgan fingerprint density at radius 2 is 2.18 bits per heavy atom. The maximum atomic E-state index is 11.3. The highest BCUT2D eigenvalue weighted by Crippen LogP contribution is 2.23. The van der Waals surface area contributed by atoms with Gasteiger partial charge < -0.3 is 9.15 Å². The first-order valence-electron chi connectivity index (χ1n) is 4.91. The molecule has 0 saturated heterocycles. The minimum Gasteiger partial charge on any atom is -0.427 e. The van der Waals surface area contributed by atoms with Gasteiger partial charge in [-0.15, -0.1) is 0 Å². The van der Waals surface area contributed by atoms with Gasteiger partial charge in [0.15, 0.2) is 0 Å². The van der Waals surface area contributed by atoms with Crippen molar-refractivity contribution >= 4 is 32.9 Å². The monoisotopic (exact) mass is 296 g/mol. The number of ether oxygens (including phenoxy) is 1. The third kappa shape index (κ3) is 2.55. The molecule has 0 amide bonds. The van der Waals surface area contributed by atoms with E-state index in [1.54, 1.807) is 12.1 Å². The van der Waals surface area contributed by atoms with Crippen LogP contribution in [0.5, 0.6) is 5.75 Å². The van der Waals surface area contributed by atoms with Gasteiger partial charge in [0.1, 0.15) is 11.3 Å². The molecule has 0 aliphatic heterocycles. The molecule has 2 rings (SSSR count). The van der Waals surface area contributed by atoms with Crippen LogP contribution in [0, 0.1) is 0 Å². The van der Waals surface area contributed by atoms with E-state index in [0.717, 1.165) is 10.9 Å². The van der Waals surface area contributed by atoms with Gasteiger partial charge in [-0.1, -0.05) is 15.9 Å². The lowest BCUT2D eigenvalue weighted by Gasteiger charge is -2.04. The Bertz CT molecular complexity index is 630. The first kappa shape index (κ1) is 11.9. The maximum Gasteiger partial charge on any atom is 0.336 e. The third-order valence-electron chi connectivity index (χ3n) is 2.21. The van der Waals surface area contributed by atoms with E-state index in [9.17, 15) is 9.59 Å². The van der Waals surface area contributed by atoms with Crippen molar-refractivity contribution in [2.75, 3.05) is 0 Å². The number of fused-ring (bicyclic) bond motifs is 1. The van der Waals surface area contributed by atoms with Crippen molar-refractivity contribution in [3.63, 3.8) is 0 Å². The Morgan fingerprint density at radius 1 is 1.41 bits per heavy atom. The highest BCUT2D eigenvalue weighted by atomic mass is 79.9. The molecule has 0 aliphatic rings. The molecule has 0 fully saturated rings. The van der Waals surface area contributed by atoms with Crippen LogP contribution in [0.3, 0.4) is 0 Å². The quantitative estimate of drug-likeness (QED) is 0.370. The molecular weight excluding hydrogens is 288 g/mol. The third-order valence-corrected chi connectivity index (χ3v) is 2.81. The Morgan fingerprint density at radius 3 is 2.82 bits per heavy atom. The Kier molecular flexibility index (Phi) is 3.28. The maximum absolute atomic E-state index is 11.3. The van der Waals surface area contributed by atoms with E-state index in [0.29, 0.717) is 16.7 Å². The summed E-state index contributed by atoms with van der Waals surface area (Å²) in [6.07, 6.45) is 0. The smallest absolute Gasteiger partial charge is 0.336 e. The van der Waals surface area contributed by atoms with Crippen molar-refractivity contribution in [1.82, 2.24) is 0 Å². The SMILES string of the molecule is CC(=O)Oc1ccc2c(CBr)cc(=O)oc2c1. The second-order valence-electron chi connectivity index (χ2n) is 3.48. The summed E-state index contributed by atoms with van der Waals surface area (Å²) in [4.78, 5) is 22.1. The van der Waals surface area contributed by atoms with Gasteiger partial charge in [0.2, 0.25) is 0 Å². The van der Waals surface area contributed by atoms with E-state index < -0.39 is 11.6 Å². The fraction of sp³-hybridized carbons (Fsp3) is 0.167. The highest BCUT2D eigenvalue weighted by molar-refractivity contribution is 9.08. The van der Waals surface area contributed by atoms with Crippen LogP contribution in [0.1, 0.15) is 12.5 Å². The van der Waals surface area contributed by atoms with Crippen molar-refractivity contribution in [2.45, 2.75) is 12.3 Å². The first-order valence-corrected chi connectivity index (χ1v) is 6.03. The van der Waals surface area contributed by atoms with Crippen LogP contribution in [0.15, 0.2) is 33.5 Å². The number of hydrogen-bond donors (Lipinski definition) is 0. The van der Waals surface area contributed by atoms with Gasteiger partial charge in [-0.25, -0.2) is 4.79 Å². The van der Waals surface area contributed by atoms with Crippen LogP contribution >= 0.6 is 15.9 Å². The number of esters is 1. The van der Waals surface area contributed by atoms with Crippen LogP contribution in [0.2, 0.25) is 0 Å². The molecule has 0 aliphatic carbocycles. The number of rotatable bonds is 2. The van der Waals surface area contributed by atoms with Crippen molar-refractivity contribution < 1.29 is 13.9 Å². The predicted molar refractivity (Wildman–Crippen MR) is 66.4 cm³/mol. The molecular formula is C12H9BrO4. The summed E-state index contributed by atoms with van der Waals surface area (Å²) < 4.78 is 9.98. The zero-order valence-corrected chi connectivity index (χ0v) is 10.6. The Balaban J connectivity index is 2.61. The highest BCUT2D eigenvalue weighted by Gasteiger charge is 2.07. The summed E-state index contributed by atoms with van der Waals surface area (Å²) in [7, 11) is 0. The van der Waals surface area contributed by atoms with E-state index in [2.05, 4.69) is 15.9 Å². The van der Waals surface area contributed by atoms with E-state index in [4.69, 9.17) is 9.15 Å². The number of benzene rings is 1. The molecule has 17 heavy (non-hydrogen) atoms. The van der Waals surface area contributed by atoms with Gasteiger partial charge in [-0.05, 0) is 17.7 Å². The van der Waals surface area contributed by atoms with Crippen molar-refractivity contribution in [2.24, 2.45) is 0 Å². The molecule has 0 radical (unpaired) electrons. The molecule has 1 aromatic carbocycles. The van der Waals surface area contributed by atoms with E-state index in [1.807, 2.05) is 0 Å². The van der Waals surface area contributed by atoms with Gasteiger partial charge in [-0.3, -0.25) is 4.79 Å². The fourth-order valence-electron chi connectivity index (χ4n) is 1.55. The van der Waals surface area contributed by atoms with Crippen LogP contribution in [-0.2, 0) is 10.1 Å². The molecule has 4 nitrogen and oxygen atoms in total. The molecule has 0 bridgehead atoms. The lowest BCUT2D eigenvalue weighted by molar-refractivity contribution is -0.131. The molecule has 2 aromatic rings. The molecule has 88 valence electrons. The zero-order valence-electron chi connectivity index (χ0n) is 9.03. The van der Waals surface area contributed by atoms with Crippen molar-refractivity contribution in [1.29, 1.82) is 0 Å². The van der Waals surface area contributed by atoms with E-state index in [1.165, 1.54) is 19.1 Å². The lowest BCUT2D eigenvalue weighted by Crippen LogP contribution is -2.02. The van der Waals surface area contributed by atoms with Gasteiger partial charge >= 0.3 is 11.6 Å². The molecule has 0 atom stereocenters. The van der Waals surface area contributed by atoms with Crippen LogP contribution in [-0.4, -0.2) is 5.97 Å². The summed E-state index contributed by atoms with van der Waals surface area (Å²) in [6, 6.07) is 6.38. The molecule has 0 unspecified atom stereocenters. The number of carbonyl (C=O) groups is 1. The molecule has 5 heteroatoms. The average molecular weight is 297 g/mol. The largest absolute Gasteiger partial charge is 0.427 e. The Hall–Kier alpha value is -1.62. The van der Waals surface area contributed by atoms with Crippen molar-refractivity contribution in [3.8, 4) is 5.75 Å². The second-order valence-corrected chi connectivity index (χ2v) is 4.04. The van der Waals surface area contributed by atoms with Crippen LogP contribution in [0.4, 0.5) is 0 Å². The molecule has 1 heterocycles. The minimum absolute atomic E-state index is 0.361. The minimum atomic E-state index is -0.424. The predicted octanol–water partition coefficient (Wildman–Crippen LogP) is 2.61. The van der Waals surface area contributed by atoms with E-state index in [-0.39, 0.29) is 0 Å². The Labute approximate surface area is 105 Å². The normalized spacial score (nSPS) is 10.5. The summed E-state index contributed by atoms with van der Waals surface area (Å²) in [6.45, 7) is 1.31. The average Bonchev–Trinajstić information content (AvgIpc) is 2.26. The van der Waals surface area contributed by atoms with E-state index >= 15 is 0 Å². The number of carbonyl (C=O) groups excluding carboxylic acids is 1. The van der Waals surface area contributed by atoms with Crippen molar-refractivity contribution in [3.05, 3.63) is 40.2 Å². The number of hydrogen-bond acceptors (Lipinski definition) is 4. The van der Waals surface area contributed by atoms with Gasteiger partial charge in [0.05, 0.1) is 0 Å². The first-order chi connectivity index (χ1) is 8.10. The fourth-order valence-corrected chi connectivity index (χ4v) is 2.01. The molecule has 1 aromatic heterocycles. The summed E-state index contributed by atoms with van der Waals surface area (Å²) >= 11 is 3.31. The standard InChI is InChI=1S/C12H9BrO4/c1-7(14)16-9-2-3-10-8(6-13)4-12(15)17-11(10)5-9/h2-5H,6H2,1H3. The molecule has 0 N–H and O–H groups in total. The molecule has 0 saturated carbocycles. The molecule has 0 spiro atoms. The topological polar surface area (TPSA) is 56.5 Å².